The topological polar surface area (TPSA) is 57.6 Å². The summed E-state index contributed by atoms with van der Waals surface area (Å²) in [5.41, 5.74) is 3.13. The Morgan fingerprint density at radius 3 is 2.30 bits per heavy atom. The lowest BCUT2D eigenvalue weighted by atomic mass is 10.0. The minimum absolute atomic E-state index is 0.0894. The maximum atomic E-state index is 12.6. The Balaban J connectivity index is 2.20. The van der Waals surface area contributed by atoms with Crippen LogP contribution in [0.25, 0.3) is 0 Å². The highest BCUT2D eigenvalue weighted by molar-refractivity contribution is 6.05. The van der Waals surface area contributed by atoms with Crippen LogP contribution in [0.5, 0.6) is 0 Å². The molecule has 4 heteroatoms. The number of hydrogen-bond acceptors (Lipinski definition) is 2. The van der Waals surface area contributed by atoms with E-state index < -0.39 is 5.97 Å². The van der Waals surface area contributed by atoms with Crippen molar-refractivity contribution in [1.29, 1.82) is 0 Å². The van der Waals surface area contributed by atoms with Crippen molar-refractivity contribution in [3.63, 3.8) is 0 Å². The number of aliphatic carboxylic acids is 1. The van der Waals surface area contributed by atoms with Crippen LogP contribution in [0.1, 0.15) is 41.3 Å². The largest absolute Gasteiger partial charge is 0.481 e. The Morgan fingerprint density at radius 1 is 1.09 bits per heavy atom. The van der Waals surface area contributed by atoms with Crippen LogP contribution in [0, 0.1) is 0 Å². The molecule has 2 rings (SSSR count). The number of anilines is 1. The van der Waals surface area contributed by atoms with E-state index in [4.69, 9.17) is 5.11 Å². The second kappa shape index (κ2) is 7.09. The second-order valence-corrected chi connectivity index (χ2v) is 5.88. The van der Waals surface area contributed by atoms with Gasteiger partial charge < -0.3 is 10.0 Å². The number of benzene rings is 2. The van der Waals surface area contributed by atoms with Crippen LogP contribution < -0.4 is 4.90 Å². The first kappa shape index (κ1) is 16.7. The molecule has 0 heterocycles. The molecule has 0 saturated carbocycles. The molecule has 1 amide bonds. The molecule has 23 heavy (non-hydrogen) atoms. The maximum Gasteiger partial charge on any atom is 0.307 e. The molecule has 0 bridgehead atoms. The lowest BCUT2D eigenvalue weighted by Gasteiger charge is -2.18. The van der Waals surface area contributed by atoms with E-state index in [1.54, 1.807) is 36.2 Å². The average Bonchev–Trinajstić information content (AvgIpc) is 2.53. The number of amides is 1. The van der Waals surface area contributed by atoms with Crippen LogP contribution in [0.4, 0.5) is 5.69 Å². The van der Waals surface area contributed by atoms with E-state index in [1.807, 2.05) is 24.3 Å². The standard InChI is InChI=1S/C19H21NO3/c1-13(2)15-7-9-17(10-8-15)20(3)19(23)16-6-4-5-14(11-16)12-18(21)22/h4-11,13H,12H2,1-3H3,(H,21,22). The van der Waals surface area contributed by atoms with E-state index in [2.05, 4.69) is 13.8 Å². The molecule has 0 radical (unpaired) electrons. The third-order valence-electron chi connectivity index (χ3n) is 3.78. The molecule has 0 aliphatic rings. The molecule has 0 spiro atoms. The number of hydrogen-bond donors (Lipinski definition) is 1. The van der Waals surface area contributed by atoms with E-state index in [0.29, 0.717) is 17.0 Å². The van der Waals surface area contributed by atoms with Gasteiger partial charge in [-0.25, -0.2) is 0 Å². The van der Waals surface area contributed by atoms with E-state index >= 15 is 0 Å². The van der Waals surface area contributed by atoms with Gasteiger partial charge in [-0.15, -0.1) is 0 Å². The Bertz CT molecular complexity index is 705. The van der Waals surface area contributed by atoms with Crippen molar-refractivity contribution in [3.05, 3.63) is 65.2 Å². The highest BCUT2D eigenvalue weighted by Gasteiger charge is 2.14. The predicted octanol–water partition coefficient (Wildman–Crippen LogP) is 3.71. The highest BCUT2D eigenvalue weighted by atomic mass is 16.4. The fraction of sp³-hybridized carbons (Fsp3) is 0.263. The molecule has 4 nitrogen and oxygen atoms in total. The van der Waals surface area contributed by atoms with Crippen LogP contribution in [-0.2, 0) is 11.2 Å². The molecule has 0 unspecified atom stereocenters. The summed E-state index contributed by atoms with van der Waals surface area (Å²) in [6, 6.07) is 14.6. The van der Waals surface area contributed by atoms with Gasteiger partial charge >= 0.3 is 5.97 Å². The van der Waals surface area contributed by atoms with Crippen molar-refractivity contribution in [2.75, 3.05) is 11.9 Å². The highest BCUT2D eigenvalue weighted by Crippen LogP contribution is 2.21. The zero-order valence-electron chi connectivity index (χ0n) is 13.6. The van der Waals surface area contributed by atoms with E-state index in [9.17, 15) is 9.59 Å². The molecular formula is C19H21NO3. The minimum atomic E-state index is -0.910. The summed E-state index contributed by atoms with van der Waals surface area (Å²) in [4.78, 5) is 25.0. The van der Waals surface area contributed by atoms with Gasteiger partial charge in [0.1, 0.15) is 0 Å². The fourth-order valence-corrected chi connectivity index (χ4v) is 2.38. The smallest absolute Gasteiger partial charge is 0.307 e. The number of carbonyl (C=O) groups excluding carboxylic acids is 1. The molecule has 0 atom stereocenters. The van der Waals surface area contributed by atoms with Gasteiger partial charge in [-0.1, -0.05) is 38.1 Å². The number of carboxylic acid groups (broad SMARTS) is 1. The molecule has 0 fully saturated rings. The van der Waals surface area contributed by atoms with Gasteiger partial charge in [-0.05, 0) is 41.3 Å². The summed E-state index contributed by atoms with van der Waals surface area (Å²) in [5.74, 6) is -0.625. The monoisotopic (exact) mass is 311 g/mol. The number of carbonyl (C=O) groups is 2. The zero-order chi connectivity index (χ0) is 17.0. The predicted molar refractivity (Wildman–Crippen MR) is 91.0 cm³/mol. The summed E-state index contributed by atoms with van der Waals surface area (Å²) in [5, 5.41) is 8.86. The van der Waals surface area contributed by atoms with E-state index in [1.165, 1.54) is 5.56 Å². The van der Waals surface area contributed by atoms with Crippen LogP contribution in [-0.4, -0.2) is 24.0 Å². The van der Waals surface area contributed by atoms with Crippen LogP contribution in [0.3, 0.4) is 0 Å². The first-order valence-electron chi connectivity index (χ1n) is 7.57. The Kier molecular flexibility index (Phi) is 5.16. The van der Waals surface area contributed by atoms with Gasteiger partial charge in [0.05, 0.1) is 6.42 Å². The van der Waals surface area contributed by atoms with Crippen molar-refractivity contribution in [1.82, 2.24) is 0 Å². The Labute approximate surface area is 136 Å². The number of carboxylic acids is 1. The summed E-state index contributed by atoms with van der Waals surface area (Å²) in [7, 11) is 1.72. The van der Waals surface area contributed by atoms with Crippen molar-refractivity contribution in [3.8, 4) is 0 Å². The summed E-state index contributed by atoms with van der Waals surface area (Å²) >= 11 is 0. The minimum Gasteiger partial charge on any atom is -0.481 e. The van der Waals surface area contributed by atoms with Gasteiger partial charge in [0.2, 0.25) is 0 Å². The third-order valence-corrected chi connectivity index (χ3v) is 3.78. The summed E-state index contributed by atoms with van der Waals surface area (Å²) < 4.78 is 0. The molecule has 0 aromatic heterocycles. The molecule has 0 saturated heterocycles. The van der Waals surface area contributed by atoms with E-state index in [-0.39, 0.29) is 12.3 Å². The van der Waals surface area contributed by atoms with Gasteiger partial charge in [-0.3, -0.25) is 9.59 Å². The Morgan fingerprint density at radius 2 is 1.74 bits per heavy atom. The normalized spacial score (nSPS) is 10.6. The average molecular weight is 311 g/mol. The maximum absolute atomic E-state index is 12.6. The second-order valence-electron chi connectivity index (χ2n) is 5.88. The summed E-state index contributed by atoms with van der Waals surface area (Å²) in [6.07, 6.45) is -0.0894. The van der Waals surface area contributed by atoms with E-state index in [0.717, 1.165) is 5.69 Å². The van der Waals surface area contributed by atoms with Gasteiger partial charge in [0.15, 0.2) is 0 Å². The lowest BCUT2D eigenvalue weighted by molar-refractivity contribution is -0.136. The molecule has 1 N–H and O–H groups in total. The van der Waals surface area contributed by atoms with Crippen molar-refractivity contribution in [2.24, 2.45) is 0 Å². The molecule has 2 aromatic carbocycles. The molecule has 0 aliphatic heterocycles. The van der Waals surface area contributed by atoms with Gasteiger partial charge in [0, 0.05) is 18.3 Å². The SMILES string of the molecule is CC(C)c1ccc(N(C)C(=O)c2cccc(CC(=O)O)c2)cc1. The van der Waals surface area contributed by atoms with Gasteiger partial charge in [0.25, 0.3) is 5.91 Å². The van der Waals surface area contributed by atoms with Crippen LogP contribution >= 0.6 is 0 Å². The van der Waals surface area contributed by atoms with Crippen molar-refractivity contribution in [2.45, 2.75) is 26.2 Å². The molecule has 0 aliphatic carbocycles. The summed E-state index contributed by atoms with van der Waals surface area (Å²) in [6.45, 7) is 4.25. The lowest BCUT2D eigenvalue weighted by Crippen LogP contribution is -2.26. The quantitative estimate of drug-likeness (QED) is 0.915. The first-order valence-corrected chi connectivity index (χ1v) is 7.57. The number of rotatable bonds is 5. The molecule has 120 valence electrons. The first-order chi connectivity index (χ1) is 10.9. The fourth-order valence-electron chi connectivity index (χ4n) is 2.38. The van der Waals surface area contributed by atoms with Crippen LogP contribution in [0.15, 0.2) is 48.5 Å². The molecule has 2 aromatic rings. The number of nitrogens with zero attached hydrogens (tertiary/aromatic N) is 1. The van der Waals surface area contributed by atoms with Crippen molar-refractivity contribution < 1.29 is 14.7 Å². The van der Waals surface area contributed by atoms with Crippen molar-refractivity contribution >= 4 is 17.6 Å². The van der Waals surface area contributed by atoms with Gasteiger partial charge in [-0.2, -0.15) is 0 Å². The molecular weight excluding hydrogens is 290 g/mol. The third kappa shape index (κ3) is 4.19. The van der Waals surface area contributed by atoms with Crippen LogP contribution in [0.2, 0.25) is 0 Å². The zero-order valence-corrected chi connectivity index (χ0v) is 13.6. The Hall–Kier alpha value is -2.62.